The van der Waals surface area contributed by atoms with Crippen LogP contribution in [0.25, 0.3) is 0 Å². The van der Waals surface area contributed by atoms with Gasteiger partial charge in [-0.3, -0.25) is 0 Å². The average Bonchev–Trinajstić information content (AvgIpc) is 2.82. The second-order valence-corrected chi connectivity index (χ2v) is 3.37. The molecule has 0 bridgehead atoms. The topological polar surface area (TPSA) is 53.6 Å². The maximum Gasteiger partial charge on any atom is 0.142 e. The summed E-state index contributed by atoms with van der Waals surface area (Å²) in [6.07, 6.45) is 4.03. The Morgan fingerprint density at radius 1 is 1.25 bits per heavy atom. The van der Waals surface area contributed by atoms with Crippen LogP contribution >= 0.6 is 0 Å². The summed E-state index contributed by atoms with van der Waals surface area (Å²) in [4.78, 5) is 4.13. The predicted molar refractivity (Wildman–Crippen MR) is 61.9 cm³/mol. The van der Waals surface area contributed by atoms with Crippen LogP contribution in [0.3, 0.4) is 0 Å². The first-order valence-corrected chi connectivity index (χ1v) is 5.10. The molecule has 0 saturated heterocycles. The number of rotatable bonds is 4. The van der Waals surface area contributed by atoms with Crippen molar-refractivity contribution in [2.45, 2.75) is 6.54 Å². The van der Waals surface area contributed by atoms with Crippen LogP contribution < -0.4 is 5.32 Å². The van der Waals surface area contributed by atoms with E-state index in [1.807, 2.05) is 42.7 Å². The molecule has 0 radical (unpaired) electrons. The van der Waals surface area contributed by atoms with Crippen LogP contribution in [0.15, 0.2) is 42.7 Å². The largest absolute Gasteiger partial charge is 0.368 e. The summed E-state index contributed by atoms with van der Waals surface area (Å²) < 4.78 is 2.08. The minimum Gasteiger partial charge on any atom is -0.368 e. The van der Waals surface area contributed by atoms with E-state index in [0.29, 0.717) is 5.69 Å². The predicted octanol–water partition coefficient (Wildman–Crippen LogP) is 1.87. The molecule has 80 valence electrons. The molecule has 0 atom stereocenters. The smallest absolute Gasteiger partial charge is 0.142 e. The van der Waals surface area contributed by atoms with E-state index in [2.05, 4.69) is 14.9 Å². The first-order chi connectivity index (χ1) is 7.88. The molecule has 0 spiro atoms. The van der Waals surface area contributed by atoms with Crippen molar-refractivity contribution in [3.05, 3.63) is 48.4 Å². The third-order valence-corrected chi connectivity index (χ3v) is 2.21. The lowest BCUT2D eigenvalue weighted by Gasteiger charge is -2.06. The van der Waals surface area contributed by atoms with E-state index in [1.165, 1.54) is 0 Å². The number of nitriles is 1. The van der Waals surface area contributed by atoms with Crippen molar-refractivity contribution in [3.63, 3.8) is 0 Å². The molecule has 2 rings (SSSR count). The Bertz CT molecular complexity index is 482. The van der Waals surface area contributed by atoms with Crippen LogP contribution in [-0.4, -0.2) is 16.1 Å². The van der Waals surface area contributed by atoms with Gasteiger partial charge in [-0.05, 0) is 24.3 Å². The van der Waals surface area contributed by atoms with Crippen LogP contribution in [-0.2, 0) is 6.54 Å². The first kappa shape index (κ1) is 10.2. The molecule has 2 aromatic rings. The van der Waals surface area contributed by atoms with Crippen molar-refractivity contribution in [2.24, 2.45) is 0 Å². The summed E-state index contributed by atoms with van der Waals surface area (Å²) in [5.74, 6) is 0.742. The second kappa shape index (κ2) is 4.99. The van der Waals surface area contributed by atoms with Gasteiger partial charge in [-0.2, -0.15) is 5.26 Å². The van der Waals surface area contributed by atoms with Gasteiger partial charge < -0.3 is 9.88 Å². The molecule has 0 saturated carbocycles. The Labute approximate surface area is 94.2 Å². The zero-order chi connectivity index (χ0) is 11.2. The van der Waals surface area contributed by atoms with E-state index >= 15 is 0 Å². The molecule has 16 heavy (non-hydrogen) atoms. The van der Waals surface area contributed by atoms with Gasteiger partial charge >= 0.3 is 0 Å². The summed E-state index contributed by atoms with van der Waals surface area (Å²) in [5.41, 5.74) is 0.436. The molecule has 0 aliphatic heterocycles. The molecule has 0 aliphatic rings. The minimum atomic E-state index is 0.436. The Balaban J connectivity index is 1.88. The van der Waals surface area contributed by atoms with E-state index in [0.717, 1.165) is 18.9 Å². The van der Waals surface area contributed by atoms with Crippen LogP contribution in [0, 0.1) is 11.3 Å². The fraction of sp³-hybridized carbons (Fsp3) is 0.167. The maximum atomic E-state index is 8.69. The highest BCUT2D eigenvalue weighted by atomic mass is 15.0. The van der Waals surface area contributed by atoms with Gasteiger partial charge in [0.25, 0.3) is 0 Å². The average molecular weight is 212 g/mol. The molecule has 0 unspecified atom stereocenters. The lowest BCUT2D eigenvalue weighted by Crippen LogP contribution is -2.10. The van der Waals surface area contributed by atoms with E-state index < -0.39 is 0 Å². The standard InChI is InChI=1S/C12H12N4/c13-10-11-4-3-5-12(15-11)14-6-9-16-7-1-2-8-16/h1-5,7-8H,6,9H2,(H,14,15). The van der Waals surface area contributed by atoms with Gasteiger partial charge in [-0.1, -0.05) is 6.07 Å². The van der Waals surface area contributed by atoms with Crippen LogP contribution in [0.4, 0.5) is 5.82 Å². The van der Waals surface area contributed by atoms with Crippen molar-refractivity contribution in [2.75, 3.05) is 11.9 Å². The van der Waals surface area contributed by atoms with E-state index in [-0.39, 0.29) is 0 Å². The maximum absolute atomic E-state index is 8.69. The second-order valence-electron chi connectivity index (χ2n) is 3.37. The third-order valence-electron chi connectivity index (χ3n) is 2.21. The van der Waals surface area contributed by atoms with Crippen molar-refractivity contribution in [1.29, 1.82) is 5.26 Å². The fourth-order valence-corrected chi connectivity index (χ4v) is 1.43. The van der Waals surface area contributed by atoms with Crippen molar-refractivity contribution < 1.29 is 0 Å². The highest BCUT2D eigenvalue weighted by Gasteiger charge is 1.95. The highest BCUT2D eigenvalue weighted by Crippen LogP contribution is 2.03. The van der Waals surface area contributed by atoms with Gasteiger partial charge in [0, 0.05) is 25.5 Å². The zero-order valence-electron chi connectivity index (χ0n) is 8.80. The zero-order valence-corrected chi connectivity index (χ0v) is 8.80. The van der Waals surface area contributed by atoms with E-state index in [1.54, 1.807) is 6.07 Å². The summed E-state index contributed by atoms with van der Waals surface area (Å²) in [5, 5.41) is 11.9. The first-order valence-electron chi connectivity index (χ1n) is 5.10. The molecular weight excluding hydrogens is 200 g/mol. The number of nitrogens with zero attached hydrogens (tertiary/aromatic N) is 3. The molecule has 4 nitrogen and oxygen atoms in total. The van der Waals surface area contributed by atoms with Gasteiger partial charge in [0.1, 0.15) is 17.6 Å². The van der Waals surface area contributed by atoms with E-state index in [4.69, 9.17) is 5.26 Å². The normalized spacial score (nSPS) is 9.69. The summed E-state index contributed by atoms with van der Waals surface area (Å²) >= 11 is 0. The number of anilines is 1. The Kier molecular flexibility index (Phi) is 3.19. The molecule has 0 fully saturated rings. The van der Waals surface area contributed by atoms with Crippen LogP contribution in [0.5, 0.6) is 0 Å². The highest BCUT2D eigenvalue weighted by molar-refractivity contribution is 5.38. The number of hydrogen-bond acceptors (Lipinski definition) is 3. The van der Waals surface area contributed by atoms with Crippen molar-refractivity contribution in [3.8, 4) is 6.07 Å². The molecule has 0 aromatic carbocycles. The lowest BCUT2D eigenvalue weighted by atomic mass is 10.3. The molecule has 1 N–H and O–H groups in total. The van der Waals surface area contributed by atoms with Crippen molar-refractivity contribution in [1.82, 2.24) is 9.55 Å². The SMILES string of the molecule is N#Cc1cccc(NCCn2cccc2)n1. The van der Waals surface area contributed by atoms with Crippen molar-refractivity contribution >= 4 is 5.82 Å². The summed E-state index contributed by atoms with van der Waals surface area (Å²) in [6.45, 7) is 1.67. The number of hydrogen-bond donors (Lipinski definition) is 1. The molecular formula is C12H12N4. The Morgan fingerprint density at radius 2 is 2.06 bits per heavy atom. The number of nitrogens with one attached hydrogen (secondary N) is 1. The molecule has 2 heterocycles. The van der Waals surface area contributed by atoms with Gasteiger partial charge in [0.15, 0.2) is 0 Å². The molecule has 0 amide bonds. The Hall–Kier alpha value is -2.28. The molecule has 0 aliphatic carbocycles. The lowest BCUT2D eigenvalue weighted by molar-refractivity contribution is 0.731. The van der Waals surface area contributed by atoms with Gasteiger partial charge in [-0.25, -0.2) is 4.98 Å². The minimum absolute atomic E-state index is 0.436. The van der Waals surface area contributed by atoms with Crippen LogP contribution in [0.2, 0.25) is 0 Å². The summed E-state index contributed by atoms with van der Waals surface area (Å²) in [7, 11) is 0. The number of pyridine rings is 1. The third kappa shape index (κ3) is 2.61. The van der Waals surface area contributed by atoms with Gasteiger partial charge in [-0.15, -0.1) is 0 Å². The fourth-order valence-electron chi connectivity index (χ4n) is 1.43. The van der Waals surface area contributed by atoms with Gasteiger partial charge in [0.05, 0.1) is 0 Å². The van der Waals surface area contributed by atoms with E-state index in [9.17, 15) is 0 Å². The number of aromatic nitrogens is 2. The molecule has 2 aromatic heterocycles. The quantitative estimate of drug-likeness (QED) is 0.841. The summed E-state index contributed by atoms with van der Waals surface area (Å²) in [6, 6.07) is 11.4. The van der Waals surface area contributed by atoms with Gasteiger partial charge in [0.2, 0.25) is 0 Å². The monoisotopic (exact) mass is 212 g/mol. The Morgan fingerprint density at radius 3 is 2.81 bits per heavy atom. The van der Waals surface area contributed by atoms with Crippen LogP contribution in [0.1, 0.15) is 5.69 Å². The molecule has 4 heteroatoms.